The Kier molecular flexibility index (Phi) is 5.80. The lowest BCUT2D eigenvalue weighted by atomic mass is 10.3. The standard InChI is InChI=1S/C20H17F4N5O4/c21-12-1-5-14(6-2-12)27-9-10-28-17(31)18(32)29(26-19(27)28)11-16(30)25-13-3-7-15(8-4-13)33-20(22,23)24/h1-8,19,26H,9-11H2,(H,25,30). The number of ether oxygens (including phenoxy) is 1. The Balaban J connectivity index is 1.41. The van der Waals surface area contributed by atoms with Crippen molar-refractivity contribution in [3.63, 3.8) is 0 Å². The molecule has 0 spiro atoms. The lowest BCUT2D eigenvalue weighted by Gasteiger charge is -2.40. The van der Waals surface area contributed by atoms with Crippen LogP contribution in [0.25, 0.3) is 0 Å². The minimum atomic E-state index is -4.84. The van der Waals surface area contributed by atoms with E-state index in [1.165, 1.54) is 41.3 Å². The molecule has 2 saturated heterocycles. The molecule has 2 aromatic carbocycles. The van der Waals surface area contributed by atoms with E-state index in [1.54, 1.807) is 4.90 Å². The monoisotopic (exact) mass is 467 g/mol. The molecule has 0 bridgehead atoms. The molecule has 0 saturated carbocycles. The number of nitrogens with zero attached hydrogens (tertiary/aromatic N) is 3. The van der Waals surface area contributed by atoms with E-state index in [1.807, 2.05) is 0 Å². The molecular formula is C20H17F4N5O4. The molecule has 4 rings (SSSR count). The average Bonchev–Trinajstić information content (AvgIpc) is 3.16. The lowest BCUT2D eigenvalue weighted by Crippen LogP contribution is -2.68. The second kappa shape index (κ2) is 8.58. The number of carbonyl (C=O) groups is 3. The summed E-state index contributed by atoms with van der Waals surface area (Å²) in [7, 11) is 0. The normalized spacial score (nSPS) is 18.4. The number of fused-ring (bicyclic) bond motifs is 1. The quantitative estimate of drug-likeness (QED) is 0.513. The fraction of sp³-hybridized carbons (Fsp3) is 0.250. The van der Waals surface area contributed by atoms with Crippen LogP contribution in [0.2, 0.25) is 0 Å². The Labute approximate surface area is 184 Å². The molecule has 13 heteroatoms. The highest BCUT2D eigenvalue weighted by Crippen LogP contribution is 2.26. The molecule has 2 aliphatic heterocycles. The van der Waals surface area contributed by atoms with E-state index in [9.17, 15) is 31.9 Å². The number of nitrogens with one attached hydrogen (secondary N) is 2. The van der Waals surface area contributed by atoms with Crippen molar-refractivity contribution in [1.82, 2.24) is 15.3 Å². The minimum Gasteiger partial charge on any atom is -0.406 e. The second-order valence-corrected chi connectivity index (χ2v) is 7.18. The molecule has 2 fully saturated rings. The summed E-state index contributed by atoms with van der Waals surface area (Å²) in [6.07, 6.45) is -5.60. The van der Waals surface area contributed by atoms with Gasteiger partial charge < -0.3 is 15.0 Å². The van der Waals surface area contributed by atoms with Crippen molar-refractivity contribution in [2.45, 2.75) is 12.7 Å². The Hall–Kier alpha value is -3.87. The topological polar surface area (TPSA) is 94.2 Å². The van der Waals surface area contributed by atoms with E-state index in [0.717, 1.165) is 17.1 Å². The maximum absolute atomic E-state index is 13.2. The zero-order chi connectivity index (χ0) is 23.8. The molecular weight excluding hydrogens is 450 g/mol. The van der Waals surface area contributed by atoms with Crippen LogP contribution in [0.15, 0.2) is 48.5 Å². The van der Waals surface area contributed by atoms with Crippen molar-refractivity contribution >= 4 is 29.1 Å². The van der Waals surface area contributed by atoms with Crippen LogP contribution in [-0.2, 0) is 14.4 Å². The molecule has 2 aromatic rings. The van der Waals surface area contributed by atoms with Gasteiger partial charge in [0, 0.05) is 24.5 Å². The molecule has 0 aliphatic carbocycles. The summed E-state index contributed by atoms with van der Waals surface area (Å²) in [5.74, 6) is -3.30. The van der Waals surface area contributed by atoms with Gasteiger partial charge in [-0.05, 0) is 48.5 Å². The molecule has 2 aliphatic rings. The van der Waals surface area contributed by atoms with Gasteiger partial charge in [0.2, 0.25) is 5.91 Å². The van der Waals surface area contributed by atoms with Crippen molar-refractivity contribution in [2.24, 2.45) is 0 Å². The van der Waals surface area contributed by atoms with Crippen molar-refractivity contribution in [3.8, 4) is 5.75 Å². The predicted molar refractivity (Wildman–Crippen MR) is 106 cm³/mol. The van der Waals surface area contributed by atoms with Crippen molar-refractivity contribution in [3.05, 3.63) is 54.3 Å². The van der Waals surface area contributed by atoms with Gasteiger partial charge >= 0.3 is 18.2 Å². The van der Waals surface area contributed by atoms with E-state index in [0.29, 0.717) is 12.2 Å². The van der Waals surface area contributed by atoms with E-state index in [-0.39, 0.29) is 12.2 Å². The third kappa shape index (κ3) is 4.98. The molecule has 2 N–H and O–H groups in total. The number of hydrogen-bond acceptors (Lipinski definition) is 6. The number of benzene rings is 2. The van der Waals surface area contributed by atoms with Crippen LogP contribution < -0.4 is 20.4 Å². The number of alkyl halides is 3. The summed E-state index contributed by atoms with van der Waals surface area (Å²) >= 11 is 0. The van der Waals surface area contributed by atoms with E-state index in [4.69, 9.17) is 0 Å². The maximum atomic E-state index is 13.2. The first-order chi connectivity index (χ1) is 15.6. The van der Waals surface area contributed by atoms with Gasteiger partial charge in [-0.25, -0.2) is 4.39 Å². The fourth-order valence-corrected chi connectivity index (χ4v) is 3.52. The zero-order valence-corrected chi connectivity index (χ0v) is 16.8. The van der Waals surface area contributed by atoms with Crippen LogP contribution >= 0.6 is 0 Å². The molecule has 0 radical (unpaired) electrons. The van der Waals surface area contributed by atoms with Crippen molar-refractivity contribution in [1.29, 1.82) is 0 Å². The van der Waals surface area contributed by atoms with Gasteiger partial charge in [0.15, 0.2) is 6.29 Å². The van der Waals surface area contributed by atoms with Crippen LogP contribution in [0.1, 0.15) is 0 Å². The van der Waals surface area contributed by atoms with Crippen LogP contribution in [0.3, 0.4) is 0 Å². The van der Waals surface area contributed by atoms with Gasteiger partial charge in [0.1, 0.15) is 18.1 Å². The summed E-state index contributed by atoms with van der Waals surface area (Å²) in [6.45, 7) is 0.105. The maximum Gasteiger partial charge on any atom is 0.573 e. The van der Waals surface area contributed by atoms with E-state index in [2.05, 4.69) is 15.5 Å². The zero-order valence-electron chi connectivity index (χ0n) is 16.8. The predicted octanol–water partition coefficient (Wildman–Crippen LogP) is 1.64. The molecule has 3 amide bonds. The molecule has 174 valence electrons. The van der Waals surface area contributed by atoms with Gasteiger partial charge in [-0.3, -0.25) is 24.3 Å². The first-order valence-corrected chi connectivity index (χ1v) is 9.67. The highest BCUT2D eigenvalue weighted by Gasteiger charge is 2.45. The molecule has 1 atom stereocenters. The Morgan fingerprint density at radius 2 is 1.64 bits per heavy atom. The highest BCUT2D eigenvalue weighted by molar-refractivity contribution is 6.35. The van der Waals surface area contributed by atoms with Gasteiger partial charge in [0.25, 0.3) is 0 Å². The third-order valence-corrected chi connectivity index (χ3v) is 4.96. The largest absolute Gasteiger partial charge is 0.573 e. The van der Waals surface area contributed by atoms with Gasteiger partial charge in [-0.15, -0.1) is 13.2 Å². The summed E-state index contributed by atoms with van der Waals surface area (Å²) in [6, 6.07) is 10.0. The van der Waals surface area contributed by atoms with Crippen molar-refractivity contribution < 1.29 is 36.7 Å². The molecule has 9 nitrogen and oxygen atoms in total. The average molecular weight is 467 g/mol. The number of carbonyl (C=O) groups excluding carboxylic acids is 3. The Morgan fingerprint density at radius 3 is 2.27 bits per heavy atom. The molecule has 33 heavy (non-hydrogen) atoms. The summed E-state index contributed by atoms with van der Waals surface area (Å²) < 4.78 is 53.7. The SMILES string of the molecule is O=C(CN1NC2N(CCN2c2ccc(F)cc2)C(=O)C1=O)Nc1ccc(OC(F)(F)F)cc1. The number of halogens is 4. The second-order valence-electron chi connectivity index (χ2n) is 7.18. The number of hydrazine groups is 1. The first-order valence-electron chi connectivity index (χ1n) is 9.67. The van der Waals surface area contributed by atoms with Gasteiger partial charge in [-0.2, -0.15) is 5.43 Å². The minimum absolute atomic E-state index is 0.167. The number of hydrogen-bond donors (Lipinski definition) is 2. The van der Waals surface area contributed by atoms with E-state index >= 15 is 0 Å². The van der Waals surface area contributed by atoms with Crippen LogP contribution in [-0.4, -0.2) is 59.9 Å². The summed E-state index contributed by atoms with van der Waals surface area (Å²) in [5.41, 5.74) is 3.61. The molecule has 1 unspecified atom stereocenters. The number of rotatable bonds is 5. The summed E-state index contributed by atoms with van der Waals surface area (Å²) in [4.78, 5) is 40.4. The van der Waals surface area contributed by atoms with Gasteiger partial charge in [-0.1, -0.05) is 0 Å². The highest BCUT2D eigenvalue weighted by atomic mass is 19.4. The number of anilines is 2. The smallest absolute Gasteiger partial charge is 0.406 e. The van der Waals surface area contributed by atoms with Crippen LogP contribution in [0, 0.1) is 5.82 Å². The van der Waals surface area contributed by atoms with Gasteiger partial charge in [0.05, 0.1) is 0 Å². The molecule has 2 heterocycles. The first kappa shape index (κ1) is 22.3. The van der Waals surface area contributed by atoms with Crippen LogP contribution in [0.5, 0.6) is 5.75 Å². The Morgan fingerprint density at radius 1 is 1.00 bits per heavy atom. The van der Waals surface area contributed by atoms with E-state index < -0.39 is 48.5 Å². The van der Waals surface area contributed by atoms with Crippen LogP contribution in [0.4, 0.5) is 28.9 Å². The Bertz CT molecular complexity index is 1060. The van der Waals surface area contributed by atoms with Crippen molar-refractivity contribution in [2.75, 3.05) is 29.9 Å². The lowest BCUT2D eigenvalue weighted by molar-refractivity contribution is -0.274. The molecule has 0 aromatic heterocycles. The summed E-state index contributed by atoms with van der Waals surface area (Å²) in [5, 5.41) is 3.30. The number of amides is 3. The fourth-order valence-electron chi connectivity index (χ4n) is 3.52. The third-order valence-electron chi connectivity index (χ3n) is 4.96.